The van der Waals surface area contributed by atoms with Crippen molar-refractivity contribution in [3.05, 3.63) is 46.0 Å². The number of carbonyl (C=O) groups is 1. The molecule has 1 aromatic rings. The van der Waals surface area contributed by atoms with Gasteiger partial charge in [0.15, 0.2) is 0 Å². The van der Waals surface area contributed by atoms with Crippen LogP contribution in [0.2, 0.25) is 0 Å². The number of rotatable bonds is 3. The number of nitro groups is 1. The van der Waals surface area contributed by atoms with Gasteiger partial charge in [-0.15, -0.1) is 0 Å². The molecule has 1 aromatic carbocycles. The quantitative estimate of drug-likeness (QED) is 0.482. The van der Waals surface area contributed by atoms with Crippen molar-refractivity contribution in [3.8, 4) is 11.8 Å². The van der Waals surface area contributed by atoms with Gasteiger partial charge in [-0.3, -0.25) is 14.9 Å². The molecule has 4 nitrogen and oxygen atoms in total. The van der Waals surface area contributed by atoms with Gasteiger partial charge in [0.2, 0.25) is 6.54 Å². The first kappa shape index (κ1) is 14.3. The van der Waals surface area contributed by atoms with E-state index < -0.39 is 5.92 Å². The molecule has 4 heteroatoms. The summed E-state index contributed by atoms with van der Waals surface area (Å²) in [6.07, 6.45) is 3.11. The molecule has 0 bridgehead atoms. The van der Waals surface area contributed by atoms with Crippen LogP contribution in [0.15, 0.2) is 30.3 Å². The van der Waals surface area contributed by atoms with E-state index in [0.29, 0.717) is 6.42 Å². The summed E-state index contributed by atoms with van der Waals surface area (Å²) < 4.78 is 0. The Bertz CT molecular complexity index is 542. The molecule has 1 saturated carbocycles. The third-order valence-electron chi connectivity index (χ3n) is 3.61. The molecule has 2 atom stereocenters. The number of benzene rings is 1. The van der Waals surface area contributed by atoms with Gasteiger partial charge in [-0.25, -0.2) is 0 Å². The molecular formula is C16H17NO3. The van der Waals surface area contributed by atoms with E-state index in [1.165, 1.54) is 0 Å². The van der Waals surface area contributed by atoms with Crippen molar-refractivity contribution >= 4 is 5.78 Å². The minimum atomic E-state index is -0.474. The highest BCUT2D eigenvalue weighted by atomic mass is 16.6. The van der Waals surface area contributed by atoms with Gasteiger partial charge in [-0.1, -0.05) is 36.5 Å². The lowest BCUT2D eigenvalue weighted by molar-refractivity contribution is -0.486. The topological polar surface area (TPSA) is 60.2 Å². The fraction of sp³-hybridized carbons (Fsp3) is 0.438. The van der Waals surface area contributed by atoms with Crippen molar-refractivity contribution in [2.75, 3.05) is 6.54 Å². The summed E-state index contributed by atoms with van der Waals surface area (Å²) in [5, 5.41) is 10.8. The zero-order chi connectivity index (χ0) is 14.4. The second-order valence-corrected chi connectivity index (χ2v) is 5.08. The molecule has 0 radical (unpaired) electrons. The van der Waals surface area contributed by atoms with Crippen LogP contribution in [0, 0.1) is 33.8 Å². The van der Waals surface area contributed by atoms with E-state index in [-0.39, 0.29) is 23.2 Å². The zero-order valence-electron chi connectivity index (χ0n) is 11.2. The Hall–Kier alpha value is -2.15. The van der Waals surface area contributed by atoms with Crippen molar-refractivity contribution in [3.63, 3.8) is 0 Å². The van der Waals surface area contributed by atoms with Crippen LogP contribution < -0.4 is 0 Å². The zero-order valence-corrected chi connectivity index (χ0v) is 11.2. The number of hydrogen-bond acceptors (Lipinski definition) is 3. The summed E-state index contributed by atoms with van der Waals surface area (Å²) in [7, 11) is 0. The van der Waals surface area contributed by atoms with Gasteiger partial charge in [0.1, 0.15) is 5.78 Å². The van der Waals surface area contributed by atoms with Gasteiger partial charge in [0.05, 0.1) is 5.92 Å². The molecule has 0 amide bonds. The van der Waals surface area contributed by atoms with Gasteiger partial charge in [0.25, 0.3) is 0 Å². The molecule has 0 heterocycles. The average molecular weight is 271 g/mol. The first-order valence-corrected chi connectivity index (χ1v) is 6.88. The van der Waals surface area contributed by atoms with Crippen LogP contribution >= 0.6 is 0 Å². The van der Waals surface area contributed by atoms with Gasteiger partial charge in [0, 0.05) is 22.8 Å². The minimum absolute atomic E-state index is 0.130. The van der Waals surface area contributed by atoms with Gasteiger partial charge in [-0.05, 0) is 25.0 Å². The fourth-order valence-electron chi connectivity index (χ4n) is 2.57. The maximum Gasteiger partial charge on any atom is 0.218 e. The lowest BCUT2D eigenvalue weighted by Gasteiger charge is -2.23. The van der Waals surface area contributed by atoms with Crippen molar-refractivity contribution in [2.45, 2.75) is 25.7 Å². The van der Waals surface area contributed by atoms with E-state index >= 15 is 0 Å². The van der Waals surface area contributed by atoms with Gasteiger partial charge in [-0.2, -0.15) is 0 Å². The Labute approximate surface area is 118 Å². The number of carbonyl (C=O) groups excluding carboxylic acids is 1. The van der Waals surface area contributed by atoms with E-state index in [9.17, 15) is 14.9 Å². The highest BCUT2D eigenvalue weighted by Crippen LogP contribution is 2.27. The number of Topliss-reactive ketones (excluding diaryl/α,β-unsaturated/α-hetero) is 1. The van der Waals surface area contributed by atoms with Gasteiger partial charge >= 0.3 is 0 Å². The van der Waals surface area contributed by atoms with Crippen LogP contribution in [0.4, 0.5) is 0 Å². The Kier molecular flexibility index (Phi) is 4.89. The second kappa shape index (κ2) is 6.85. The van der Waals surface area contributed by atoms with Crippen LogP contribution in [0.3, 0.4) is 0 Å². The number of hydrogen-bond donors (Lipinski definition) is 0. The van der Waals surface area contributed by atoms with E-state index in [1.807, 2.05) is 30.3 Å². The Balaban J connectivity index is 2.17. The summed E-state index contributed by atoms with van der Waals surface area (Å²) in [4.78, 5) is 22.4. The summed E-state index contributed by atoms with van der Waals surface area (Å²) in [5.41, 5.74) is 0.823. The van der Waals surface area contributed by atoms with Gasteiger partial charge < -0.3 is 0 Å². The maximum absolute atomic E-state index is 11.9. The normalized spacial score (nSPS) is 19.8. The lowest BCUT2D eigenvalue weighted by atomic mass is 9.79. The van der Waals surface area contributed by atoms with E-state index in [0.717, 1.165) is 24.8 Å². The first-order chi connectivity index (χ1) is 9.66. The third-order valence-corrected chi connectivity index (χ3v) is 3.61. The molecule has 0 spiro atoms. The van der Waals surface area contributed by atoms with Crippen LogP contribution in [0.5, 0.6) is 0 Å². The summed E-state index contributed by atoms with van der Waals surface area (Å²) in [5.74, 6) is 5.30. The van der Waals surface area contributed by atoms with E-state index in [1.54, 1.807) is 0 Å². The standard InChI is InChI=1S/C16H17NO3/c18-16-9-5-4-8-15(16)14(12-17(19)20)11-10-13-6-2-1-3-7-13/h1-3,6-7,14-15H,4-5,8-9,12H2/t14-,15+/m0/s1. The van der Waals surface area contributed by atoms with Crippen molar-refractivity contribution < 1.29 is 9.72 Å². The molecule has 1 aliphatic carbocycles. The molecule has 20 heavy (non-hydrogen) atoms. The Morgan fingerprint density at radius 1 is 1.30 bits per heavy atom. The van der Waals surface area contributed by atoms with Crippen LogP contribution in [0.25, 0.3) is 0 Å². The fourth-order valence-corrected chi connectivity index (χ4v) is 2.57. The summed E-state index contributed by atoms with van der Waals surface area (Å²) in [6, 6.07) is 9.36. The van der Waals surface area contributed by atoms with Crippen LogP contribution in [-0.2, 0) is 4.79 Å². The first-order valence-electron chi connectivity index (χ1n) is 6.88. The molecule has 0 aromatic heterocycles. The summed E-state index contributed by atoms with van der Waals surface area (Å²) >= 11 is 0. The molecule has 0 unspecified atom stereocenters. The monoisotopic (exact) mass is 271 g/mol. The Morgan fingerprint density at radius 2 is 2.05 bits per heavy atom. The van der Waals surface area contributed by atoms with E-state index in [2.05, 4.69) is 11.8 Å². The van der Waals surface area contributed by atoms with Crippen molar-refractivity contribution in [1.29, 1.82) is 0 Å². The molecule has 1 aliphatic rings. The summed E-state index contributed by atoms with van der Waals surface area (Å²) in [6.45, 7) is -0.254. The molecule has 1 fully saturated rings. The Morgan fingerprint density at radius 3 is 2.70 bits per heavy atom. The van der Waals surface area contributed by atoms with E-state index in [4.69, 9.17) is 0 Å². The second-order valence-electron chi connectivity index (χ2n) is 5.08. The highest BCUT2D eigenvalue weighted by molar-refractivity contribution is 5.82. The largest absolute Gasteiger partial charge is 0.299 e. The molecule has 104 valence electrons. The molecule has 0 N–H and O–H groups in total. The highest BCUT2D eigenvalue weighted by Gasteiger charge is 2.32. The predicted octanol–water partition coefficient (Wildman–Crippen LogP) is 2.69. The lowest BCUT2D eigenvalue weighted by Crippen LogP contribution is -2.30. The molecule has 0 saturated heterocycles. The molecular weight excluding hydrogens is 254 g/mol. The van der Waals surface area contributed by atoms with Crippen molar-refractivity contribution in [2.24, 2.45) is 11.8 Å². The third kappa shape index (κ3) is 3.92. The van der Waals surface area contributed by atoms with Crippen LogP contribution in [-0.4, -0.2) is 17.3 Å². The maximum atomic E-state index is 11.9. The average Bonchev–Trinajstić information content (AvgIpc) is 2.45. The van der Waals surface area contributed by atoms with Crippen LogP contribution in [0.1, 0.15) is 31.2 Å². The SMILES string of the molecule is O=C1CCCC[C@@H]1[C@@H](C#Cc1ccccc1)C[N+](=O)[O-]. The minimum Gasteiger partial charge on any atom is -0.299 e. The van der Waals surface area contributed by atoms with Crippen molar-refractivity contribution in [1.82, 2.24) is 0 Å². The molecule has 0 aliphatic heterocycles. The smallest absolute Gasteiger partial charge is 0.218 e. The number of ketones is 1. The predicted molar refractivity (Wildman–Crippen MR) is 75.6 cm³/mol. The molecule has 2 rings (SSSR count). The number of nitrogens with zero attached hydrogens (tertiary/aromatic N) is 1.